The van der Waals surface area contributed by atoms with E-state index in [1.807, 2.05) is 30.9 Å². The number of piperidine rings is 1. The van der Waals surface area contributed by atoms with Gasteiger partial charge in [0.15, 0.2) is 5.65 Å². The highest BCUT2D eigenvalue weighted by Crippen LogP contribution is 2.52. The molecule has 8 nitrogen and oxygen atoms in total. The number of aryl methyl sites for hydroxylation is 1. The van der Waals surface area contributed by atoms with Gasteiger partial charge in [0.2, 0.25) is 5.95 Å². The summed E-state index contributed by atoms with van der Waals surface area (Å²) in [4.78, 5) is 23.7. The summed E-state index contributed by atoms with van der Waals surface area (Å²) >= 11 is 9.60. The van der Waals surface area contributed by atoms with Crippen LogP contribution in [0.4, 0.5) is 11.8 Å². The van der Waals surface area contributed by atoms with Crippen LogP contribution in [-0.4, -0.2) is 37.4 Å². The topological polar surface area (TPSA) is 111 Å². The fourth-order valence-electron chi connectivity index (χ4n) is 5.05. The third-order valence-corrected chi connectivity index (χ3v) is 9.63. The van der Waals surface area contributed by atoms with Crippen LogP contribution < -0.4 is 16.4 Å². The first-order chi connectivity index (χ1) is 16.0. The second kappa shape index (κ2) is 7.83. The van der Waals surface area contributed by atoms with Crippen molar-refractivity contribution in [1.82, 2.24) is 24.3 Å². The van der Waals surface area contributed by atoms with E-state index in [1.54, 1.807) is 17.5 Å². The van der Waals surface area contributed by atoms with Crippen LogP contribution in [0.3, 0.4) is 0 Å². The Bertz CT molecular complexity index is 1360. The number of imidazole rings is 1. The number of aromatic nitrogens is 5. The summed E-state index contributed by atoms with van der Waals surface area (Å²) in [5.74, 6) is 1.24. The molecule has 1 aliphatic carbocycles. The molecule has 1 aliphatic heterocycles. The van der Waals surface area contributed by atoms with Crippen molar-refractivity contribution in [3.8, 4) is 0 Å². The minimum absolute atomic E-state index is 0.0847. The van der Waals surface area contributed by atoms with Crippen molar-refractivity contribution in [3.63, 3.8) is 0 Å². The molecule has 0 bridgehead atoms. The Hall–Kier alpha value is -2.40. The van der Waals surface area contributed by atoms with Crippen LogP contribution in [-0.2, 0) is 6.42 Å². The largest absolute Gasteiger partial charge is 0.382 e. The number of nitrogens with two attached hydrogens (primary N) is 2. The quantitative estimate of drug-likeness (QED) is 0.434. The first-order valence-electron chi connectivity index (χ1n) is 10.8. The zero-order chi connectivity index (χ0) is 22.7. The SMILES string of the molecule is Cc1nc(N2CCC3(CC2)Cc2ncsc2[C@H]3N)n2ccnc2c1Sc1ccnc(N)c1Cl. The van der Waals surface area contributed by atoms with Gasteiger partial charge in [-0.3, -0.25) is 4.40 Å². The number of halogens is 1. The molecule has 1 saturated heterocycles. The lowest BCUT2D eigenvalue weighted by atomic mass is 9.74. The zero-order valence-corrected chi connectivity index (χ0v) is 20.4. The van der Waals surface area contributed by atoms with Gasteiger partial charge in [-0.1, -0.05) is 23.4 Å². The summed E-state index contributed by atoms with van der Waals surface area (Å²) in [5, 5.41) is 0.452. The second-order valence-electron chi connectivity index (χ2n) is 8.72. The van der Waals surface area contributed by atoms with Crippen molar-refractivity contribution in [2.45, 2.75) is 42.0 Å². The number of nitrogen functional groups attached to an aromatic ring is 1. The van der Waals surface area contributed by atoms with Gasteiger partial charge in [0, 0.05) is 47.5 Å². The molecule has 0 aromatic carbocycles. The van der Waals surface area contributed by atoms with E-state index in [2.05, 4.69) is 24.3 Å². The third kappa shape index (κ3) is 3.30. The fourth-order valence-corrected chi connectivity index (χ4v) is 7.20. The van der Waals surface area contributed by atoms with Crippen molar-refractivity contribution < 1.29 is 0 Å². The van der Waals surface area contributed by atoms with E-state index in [1.165, 1.54) is 22.3 Å². The maximum atomic E-state index is 6.69. The molecule has 1 spiro atoms. The highest BCUT2D eigenvalue weighted by atomic mass is 35.5. The minimum Gasteiger partial charge on any atom is -0.382 e. The smallest absolute Gasteiger partial charge is 0.211 e. The molecule has 5 heterocycles. The van der Waals surface area contributed by atoms with Crippen LogP contribution in [0.25, 0.3) is 5.65 Å². The number of anilines is 2. The summed E-state index contributed by atoms with van der Waals surface area (Å²) < 4.78 is 2.07. The normalized spacial score (nSPS) is 19.5. The molecule has 33 heavy (non-hydrogen) atoms. The van der Waals surface area contributed by atoms with Gasteiger partial charge in [-0.15, -0.1) is 11.3 Å². The Morgan fingerprint density at radius 2 is 2.03 bits per heavy atom. The van der Waals surface area contributed by atoms with Gasteiger partial charge in [0.25, 0.3) is 0 Å². The Morgan fingerprint density at radius 3 is 2.82 bits per heavy atom. The molecule has 1 atom stereocenters. The molecule has 0 unspecified atom stereocenters. The van der Waals surface area contributed by atoms with E-state index in [0.717, 1.165) is 59.4 Å². The second-order valence-corrected chi connectivity index (χ2v) is 11.0. The first kappa shape index (κ1) is 21.2. The van der Waals surface area contributed by atoms with Crippen molar-refractivity contribution in [3.05, 3.63) is 51.5 Å². The van der Waals surface area contributed by atoms with Crippen molar-refractivity contribution in [2.24, 2.45) is 11.1 Å². The van der Waals surface area contributed by atoms with E-state index >= 15 is 0 Å². The molecule has 6 rings (SSSR count). The zero-order valence-electron chi connectivity index (χ0n) is 18.0. The molecule has 11 heteroatoms. The summed E-state index contributed by atoms with van der Waals surface area (Å²) in [6.45, 7) is 3.82. The van der Waals surface area contributed by atoms with Crippen molar-refractivity contribution in [1.29, 1.82) is 0 Å². The standard InChI is InChI=1S/C22H23ClN8S2/c1-12-16(33-14-2-5-26-19(25)15(14)23)20-27-6-9-31(20)21(29-12)30-7-3-22(4-8-30)10-13-17(18(22)24)32-11-28-13/h2,5-6,9,11,18H,3-4,7-8,10,24H2,1H3,(H2,25,26)/t18-/m1/s1. The number of fused-ring (bicyclic) bond motifs is 2. The van der Waals surface area contributed by atoms with E-state index in [-0.39, 0.29) is 11.5 Å². The van der Waals surface area contributed by atoms with Gasteiger partial charge >= 0.3 is 0 Å². The summed E-state index contributed by atoms with van der Waals surface area (Å²) in [7, 11) is 0. The van der Waals surface area contributed by atoms with Crippen LogP contribution in [0.15, 0.2) is 40.0 Å². The van der Waals surface area contributed by atoms with Gasteiger partial charge in [-0.2, -0.15) is 0 Å². The van der Waals surface area contributed by atoms with Gasteiger partial charge in [0.05, 0.1) is 26.8 Å². The molecule has 170 valence electrons. The van der Waals surface area contributed by atoms with E-state index in [0.29, 0.717) is 10.8 Å². The lowest BCUT2D eigenvalue weighted by molar-refractivity contribution is 0.187. The number of pyridine rings is 1. The highest BCUT2D eigenvalue weighted by molar-refractivity contribution is 7.99. The highest BCUT2D eigenvalue weighted by Gasteiger charge is 2.47. The van der Waals surface area contributed by atoms with Crippen LogP contribution in [0.2, 0.25) is 5.02 Å². The molecule has 0 radical (unpaired) electrons. The Morgan fingerprint density at radius 1 is 1.21 bits per heavy atom. The average molecular weight is 499 g/mol. The molecule has 2 aliphatic rings. The maximum absolute atomic E-state index is 6.69. The number of rotatable bonds is 3. The van der Waals surface area contributed by atoms with Crippen molar-refractivity contribution >= 4 is 52.1 Å². The number of hydrogen-bond acceptors (Lipinski definition) is 9. The van der Waals surface area contributed by atoms with Crippen LogP contribution in [0.5, 0.6) is 0 Å². The predicted octanol–water partition coefficient (Wildman–Crippen LogP) is 4.12. The molecule has 4 aromatic heterocycles. The van der Waals surface area contributed by atoms with Gasteiger partial charge in [0.1, 0.15) is 5.82 Å². The summed E-state index contributed by atoms with van der Waals surface area (Å²) in [6, 6.07) is 1.94. The minimum atomic E-state index is 0.0847. The molecule has 0 amide bonds. The maximum Gasteiger partial charge on any atom is 0.211 e. The van der Waals surface area contributed by atoms with E-state index in [4.69, 9.17) is 28.1 Å². The van der Waals surface area contributed by atoms with Gasteiger partial charge < -0.3 is 16.4 Å². The van der Waals surface area contributed by atoms with Gasteiger partial charge in [-0.05, 0) is 37.7 Å². The summed E-state index contributed by atoms with van der Waals surface area (Å²) in [6.07, 6.45) is 8.48. The lowest BCUT2D eigenvalue weighted by Crippen LogP contribution is -2.45. The van der Waals surface area contributed by atoms with Crippen LogP contribution >= 0.6 is 34.7 Å². The molecule has 1 fully saturated rings. The van der Waals surface area contributed by atoms with Crippen molar-refractivity contribution in [2.75, 3.05) is 23.7 Å². The molecule has 4 aromatic rings. The van der Waals surface area contributed by atoms with Gasteiger partial charge in [-0.25, -0.2) is 19.9 Å². The first-order valence-corrected chi connectivity index (χ1v) is 12.9. The third-order valence-electron chi connectivity index (χ3n) is 6.92. The number of thiazole rings is 1. The fraction of sp³-hybridized carbons (Fsp3) is 0.364. The molecular weight excluding hydrogens is 476 g/mol. The van der Waals surface area contributed by atoms with E-state index < -0.39 is 0 Å². The van der Waals surface area contributed by atoms with Crippen LogP contribution in [0.1, 0.15) is 35.1 Å². The number of hydrogen-bond donors (Lipinski definition) is 2. The Kier molecular flexibility index (Phi) is 5.02. The lowest BCUT2D eigenvalue weighted by Gasteiger charge is -2.42. The Labute approximate surface area is 204 Å². The predicted molar refractivity (Wildman–Crippen MR) is 132 cm³/mol. The molecule has 0 saturated carbocycles. The molecular formula is C22H23ClN8S2. The number of nitrogens with zero attached hydrogens (tertiary/aromatic N) is 6. The summed E-state index contributed by atoms with van der Waals surface area (Å²) in [5.41, 5.74) is 17.6. The average Bonchev–Trinajstić information content (AvgIpc) is 3.52. The monoisotopic (exact) mass is 498 g/mol. The molecule has 4 N–H and O–H groups in total. The van der Waals surface area contributed by atoms with Crippen LogP contribution in [0, 0.1) is 12.3 Å². The van der Waals surface area contributed by atoms with E-state index in [9.17, 15) is 0 Å². The Balaban J connectivity index is 1.29.